The first-order valence-electron chi connectivity index (χ1n) is 5.04. The lowest BCUT2D eigenvalue weighted by atomic mass is 10.1. The van der Waals surface area contributed by atoms with Gasteiger partial charge in [0.1, 0.15) is 6.04 Å². The number of hydrogen-bond donors (Lipinski definition) is 3. The van der Waals surface area contributed by atoms with E-state index in [0.717, 1.165) is 12.8 Å². The van der Waals surface area contributed by atoms with E-state index in [1.165, 1.54) is 6.92 Å². The number of nitrogens with two attached hydrogens (primary N) is 1. The molecule has 2 atom stereocenters. The maximum Gasteiger partial charge on any atom is 0.325 e. The average Bonchev–Trinajstić information content (AvgIpc) is 2.17. The molecule has 2 amide bonds. The summed E-state index contributed by atoms with van der Waals surface area (Å²) in [6.45, 7) is 2.58. The largest absolute Gasteiger partial charge is 0.480 e. The fourth-order valence-electron chi connectivity index (χ4n) is 1.53. The molecule has 2 unspecified atom stereocenters. The summed E-state index contributed by atoms with van der Waals surface area (Å²) >= 11 is 0. The van der Waals surface area contributed by atoms with Gasteiger partial charge in [0.15, 0.2) is 0 Å². The molecule has 1 heterocycles. The van der Waals surface area contributed by atoms with Gasteiger partial charge in [-0.3, -0.25) is 4.79 Å². The van der Waals surface area contributed by atoms with Gasteiger partial charge in [-0.1, -0.05) is 0 Å². The Morgan fingerprint density at radius 2 is 2.27 bits per heavy atom. The van der Waals surface area contributed by atoms with E-state index in [0.29, 0.717) is 13.1 Å². The smallest absolute Gasteiger partial charge is 0.325 e. The van der Waals surface area contributed by atoms with Crippen molar-refractivity contribution >= 4 is 12.0 Å². The topological polar surface area (TPSA) is 95.7 Å². The van der Waals surface area contributed by atoms with Crippen LogP contribution < -0.4 is 11.1 Å². The third-order valence-electron chi connectivity index (χ3n) is 2.46. The Kier molecular flexibility index (Phi) is 3.90. The summed E-state index contributed by atoms with van der Waals surface area (Å²) in [4.78, 5) is 23.6. The average molecular weight is 215 g/mol. The maximum atomic E-state index is 11.6. The molecule has 6 heteroatoms. The molecule has 1 aliphatic heterocycles. The van der Waals surface area contributed by atoms with E-state index in [-0.39, 0.29) is 12.1 Å². The number of likely N-dealkylation sites (tertiary alicyclic amines) is 1. The van der Waals surface area contributed by atoms with E-state index in [1.807, 2.05) is 0 Å². The Morgan fingerprint density at radius 3 is 2.80 bits per heavy atom. The number of nitrogens with one attached hydrogen (secondary N) is 1. The molecule has 1 rings (SSSR count). The highest BCUT2D eigenvalue weighted by Gasteiger charge is 2.23. The molecule has 0 saturated carbocycles. The fourth-order valence-corrected chi connectivity index (χ4v) is 1.53. The number of carboxylic acids is 1. The van der Waals surface area contributed by atoms with Crippen LogP contribution in [0.2, 0.25) is 0 Å². The van der Waals surface area contributed by atoms with Gasteiger partial charge in [0.05, 0.1) is 0 Å². The molecular formula is C9H17N3O3. The molecule has 86 valence electrons. The summed E-state index contributed by atoms with van der Waals surface area (Å²) in [6, 6.07) is -1.21. The van der Waals surface area contributed by atoms with Crippen LogP contribution in [0.3, 0.4) is 0 Å². The second-order valence-corrected chi connectivity index (χ2v) is 3.86. The van der Waals surface area contributed by atoms with Crippen LogP contribution in [0.15, 0.2) is 0 Å². The third kappa shape index (κ3) is 3.39. The van der Waals surface area contributed by atoms with Crippen LogP contribution in [0.1, 0.15) is 19.8 Å². The van der Waals surface area contributed by atoms with Gasteiger partial charge in [0.25, 0.3) is 0 Å². The lowest BCUT2D eigenvalue weighted by Crippen LogP contribution is -2.52. The number of nitrogens with zero attached hydrogens (tertiary/aromatic N) is 1. The quantitative estimate of drug-likeness (QED) is 0.583. The number of piperidine rings is 1. The van der Waals surface area contributed by atoms with Crippen LogP contribution in [0.5, 0.6) is 0 Å². The van der Waals surface area contributed by atoms with Crippen molar-refractivity contribution in [2.24, 2.45) is 5.73 Å². The molecule has 15 heavy (non-hydrogen) atoms. The Bertz CT molecular complexity index is 257. The van der Waals surface area contributed by atoms with E-state index in [1.54, 1.807) is 4.90 Å². The summed E-state index contributed by atoms with van der Waals surface area (Å²) in [6.07, 6.45) is 1.79. The Labute approximate surface area is 88.4 Å². The van der Waals surface area contributed by atoms with Gasteiger partial charge in [-0.2, -0.15) is 0 Å². The minimum atomic E-state index is -1.04. The molecule has 0 aromatic heterocycles. The van der Waals surface area contributed by atoms with Crippen molar-refractivity contribution in [2.45, 2.75) is 31.8 Å². The van der Waals surface area contributed by atoms with Crippen LogP contribution in [-0.2, 0) is 4.79 Å². The van der Waals surface area contributed by atoms with Crippen molar-refractivity contribution in [3.63, 3.8) is 0 Å². The van der Waals surface area contributed by atoms with E-state index < -0.39 is 12.0 Å². The van der Waals surface area contributed by atoms with Crippen molar-refractivity contribution in [3.05, 3.63) is 0 Å². The van der Waals surface area contributed by atoms with Gasteiger partial charge in [0.2, 0.25) is 0 Å². The van der Waals surface area contributed by atoms with Gasteiger partial charge >= 0.3 is 12.0 Å². The SMILES string of the molecule is CC(NC(=O)N1CCCC(N)C1)C(=O)O. The summed E-state index contributed by atoms with van der Waals surface area (Å²) in [5.41, 5.74) is 5.72. The number of rotatable bonds is 2. The maximum absolute atomic E-state index is 11.6. The second-order valence-electron chi connectivity index (χ2n) is 3.86. The molecule has 1 aliphatic rings. The zero-order valence-corrected chi connectivity index (χ0v) is 8.77. The van der Waals surface area contributed by atoms with Crippen LogP contribution in [0, 0.1) is 0 Å². The molecule has 0 aromatic rings. The van der Waals surface area contributed by atoms with Crippen molar-refractivity contribution in [3.8, 4) is 0 Å². The summed E-state index contributed by atoms with van der Waals surface area (Å²) in [7, 11) is 0. The monoisotopic (exact) mass is 215 g/mol. The number of amides is 2. The summed E-state index contributed by atoms with van der Waals surface area (Å²) in [5.74, 6) is -1.04. The number of carbonyl (C=O) groups excluding carboxylic acids is 1. The highest BCUT2D eigenvalue weighted by molar-refractivity contribution is 5.82. The Hall–Kier alpha value is -1.30. The second kappa shape index (κ2) is 4.97. The molecular weight excluding hydrogens is 198 g/mol. The number of hydrogen-bond acceptors (Lipinski definition) is 3. The van der Waals surface area contributed by atoms with Crippen LogP contribution in [0.25, 0.3) is 0 Å². The normalized spacial score (nSPS) is 23.3. The lowest BCUT2D eigenvalue weighted by Gasteiger charge is -2.31. The van der Waals surface area contributed by atoms with Crippen LogP contribution in [-0.4, -0.2) is 47.2 Å². The van der Waals surface area contributed by atoms with Gasteiger partial charge < -0.3 is 21.1 Å². The highest BCUT2D eigenvalue weighted by atomic mass is 16.4. The van der Waals surface area contributed by atoms with Crippen molar-refractivity contribution in [1.29, 1.82) is 0 Å². The molecule has 4 N–H and O–H groups in total. The number of carboxylic acid groups (broad SMARTS) is 1. The van der Waals surface area contributed by atoms with Gasteiger partial charge in [-0.05, 0) is 19.8 Å². The van der Waals surface area contributed by atoms with Gasteiger partial charge in [-0.25, -0.2) is 4.79 Å². The Morgan fingerprint density at radius 1 is 1.60 bits per heavy atom. The van der Waals surface area contributed by atoms with Gasteiger partial charge in [-0.15, -0.1) is 0 Å². The summed E-state index contributed by atoms with van der Waals surface area (Å²) in [5, 5.41) is 11.0. The van der Waals surface area contributed by atoms with Crippen LogP contribution >= 0.6 is 0 Å². The van der Waals surface area contributed by atoms with E-state index >= 15 is 0 Å². The predicted octanol–water partition coefficient (Wildman–Crippen LogP) is -0.408. The molecule has 0 aliphatic carbocycles. The molecule has 0 bridgehead atoms. The first kappa shape index (κ1) is 11.8. The first-order valence-corrected chi connectivity index (χ1v) is 5.04. The minimum absolute atomic E-state index is 0.00429. The van der Waals surface area contributed by atoms with E-state index in [9.17, 15) is 9.59 Å². The van der Waals surface area contributed by atoms with E-state index in [4.69, 9.17) is 10.8 Å². The van der Waals surface area contributed by atoms with Crippen molar-refractivity contribution in [2.75, 3.05) is 13.1 Å². The number of carbonyl (C=O) groups is 2. The Balaban J connectivity index is 2.42. The molecule has 0 radical (unpaired) electrons. The minimum Gasteiger partial charge on any atom is -0.480 e. The van der Waals surface area contributed by atoms with E-state index in [2.05, 4.69) is 5.32 Å². The zero-order valence-electron chi connectivity index (χ0n) is 8.77. The van der Waals surface area contributed by atoms with Crippen molar-refractivity contribution < 1.29 is 14.7 Å². The predicted molar refractivity (Wildman–Crippen MR) is 54.4 cm³/mol. The van der Waals surface area contributed by atoms with Crippen molar-refractivity contribution in [1.82, 2.24) is 10.2 Å². The molecule has 1 fully saturated rings. The molecule has 6 nitrogen and oxygen atoms in total. The van der Waals surface area contributed by atoms with Crippen LogP contribution in [0.4, 0.5) is 4.79 Å². The lowest BCUT2D eigenvalue weighted by molar-refractivity contribution is -0.138. The highest BCUT2D eigenvalue weighted by Crippen LogP contribution is 2.08. The number of urea groups is 1. The standard InChI is InChI=1S/C9H17N3O3/c1-6(8(13)14)11-9(15)12-4-2-3-7(10)5-12/h6-7H,2-5,10H2,1H3,(H,11,15)(H,13,14). The fraction of sp³-hybridized carbons (Fsp3) is 0.778. The molecule has 1 saturated heterocycles. The zero-order chi connectivity index (χ0) is 11.4. The molecule has 0 aromatic carbocycles. The third-order valence-corrected chi connectivity index (χ3v) is 2.46. The molecule has 0 spiro atoms. The summed E-state index contributed by atoms with van der Waals surface area (Å²) < 4.78 is 0. The van der Waals surface area contributed by atoms with Gasteiger partial charge in [0, 0.05) is 19.1 Å². The number of aliphatic carboxylic acids is 1. The first-order chi connectivity index (χ1) is 7.00.